The van der Waals surface area contributed by atoms with E-state index in [-0.39, 0.29) is 47.0 Å². The van der Waals surface area contributed by atoms with Crippen LogP contribution in [-0.2, 0) is 30.0 Å². The van der Waals surface area contributed by atoms with E-state index in [4.69, 9.17) is 14.2 Å². The Morgan fingerprint density at radius 1 is 0.964 bits per heavy atom. The summed E-state index contributed by atoms with van der Waals surface area (Å²) in [6, 6.07) is 7.81. The molecule has 0 bridgehead atoms. The van der Waals surface area contributed by atoms with Crippen molar-refractivity contribution in [1.29, 1.82) is 0 Å². The second kappa shape index (κ2) is 14.0. The van der Waals surface area contributed by atoms with Crippen molar-refractivity contribution in [2.24, 2.45) is 5.92 Å². The number of ketones is 1. The first kappa shape index (κ1) is 38.9. The van der Waals surface area contributed by atoms with Crippen molar-refractivity contribution in [3.8, 4) is 17.2 Å². The number of esters is 1. The van der Waals surface area contributed by atoms with E-state index in [1.807, 2.05) is 20.8 Å². The van der Waals surface area contributed by atoms with Crippen LogP contribution in [0.2, 0.25) is 0 Å². The number of hydrogen-bond donors (Lipinski definition) is 0. The number of Topliss-reactive ketones (excluding diaryl/α,β-unsaturated/α-hetero) is 1. The molecule has 2 unspecified atom stereocenters. The molecule has 2 atom stereocenters. The summed E-state index contributed by atoms with van der Waals surface area (Å²) in [5.74, 6) is -9.34. The standard InChI is InChI=1S/C39H39F6NO8S/c1-21-20-37(2,3)46(15-7-10-23(47)9-6-8-22-13-16-51-17-14-22)32-25(21)18-27-33(30(32)41)52-34-28(38(27)26-12-5-4-11-24(26)36(48)53-38)19-29(40)35(31(34)42)54-55(49,50)39(43,44)45/h4-5,11-12,18-19,21-22H,6-10,13-17,20H2,1-3H3. The van der Waals surface area contributed by atoms with Crippen LogP contribution in [0.1, 0.15) is 111 Å². The zero-order valence-electron chi connectivity index (χ0n) is 30.3. The van der Waals surface area contributed by atoms with Crippen molar-refractivity contribution in [2.75, 3.05) is 24.7 Å². The van der Waals surface area contributed by atoms with Gasteiger partial charge in [0.25, 0.3) is 0 Å². The number of nitrogens with zero attached hydrogens (tertiary/aromatic N) is 1. The van der Waals surface area contributed by atoms with Crippen LogP contribution in [0, 0.1) is 23.4 Å². The SMILES string of the molecule is CC1CC(C)(C)N(CCCC(=O)CCCC2CCOCC2)c2c1cc1c(c2F)Oc2c(cc(F)c(OS(=O)(=O)C(F)(F)F)c2F)C12OC(=O)c1ccccc12. The number of carbonyl (C=O) groups excluding carboxylic acids is 2. The van der Waals surface area contributed by atoms with E-state index in [0.29, 0.717) is 36.8 Å². The molecule has 0 amide bonds. The topological polar surface area (TPSA) is 108 Å². The van der Waals surface area contributed by atoms with Crippen molar-refractivity contribution < 1.29 is 62.7 Å². The Morgan fingerprint density at radius 2 is 1.62 bits per heavy atom. The van der Waals surface area contributed by atoms with Gasteiger partial charge in [-0.15, -0.1) is 0 Å². The molecule has 1 saturated heterocycles. The molecule has 0 radical (unpaired) electrons. The molecule has 4 heterocycles. The van der Waals surface area contributed by atoms with Crippen LogP contribution in [0.15, 0.2) is 36.4 Å². The molecule has 1 fully saturated rings. The van der Waals surface area contributed by atoms with Crippen molar-refractivity contribution in [3.05, 3.63) is 81.7 Å². The number of carbonyl (C=O) groups is 2. The summed E-state index contributed by atoms with van der Waals surface area (Å²) in [6.45, 7) is 7.38. The quantitative estimate of drug-likeness (QED) is 0.0861. The number of ether oxygens (including phenoxy) is 3. The molecule has 3 aromatic rings. The maximum Gasteiger partial charge on any atom is 0.534 e. The first-order chi connectivity index (χ1) is 25.9. The molecular formula is C39H39F6NO8S. The predicted octanol–water partition coefficient (Wildman–Crippen LogP) is 8.94. The van der Waals surface area contributed by atoms with Crippen molar-refractivity contribution in [1.82, 2.24) is 0 Å². The molecular weight excluding hydrogens is 756 g/mol. The van der Waals surface area contributed by atoms with Gasteiger partial charge in [-0.25, -0.2) is 13.6 Å². The highest BCUT2D eigenvalue weighted by Crippen LogP contribution is 2.61. The predicted molar refractivity (Wildman–Crippen MR) is 186 cm³/mol. The largest absolute Gasteiger partial charge is 0.534 e. The van der Waals surface area contributed by atoms with Gasteiger partial charge in [0.05, 0.1) is 22.4 Å². The Labute approximate surface area is 314 Å². The second-order valence-electron chi connectivity index (χ2n) is 15.2. The third-order valence-electron chi connectivity index (χ3n) is 11.2. The summed E-state index contributed by atoms with van der Waals surface area (Å²) >= 11 is 0. The van der Waals surface area contributed by atoms with Gasteiger partial charge >= 0.3 is 21.6 Å². The number of fused-ring (bicyclic) bond motifs is 7. The van der Waals surface area contributed by atoms with Crippen LogP contribution in [0.3, 0.4) is 0 Å². The molecule has 0 N–H and O–H groups in total. The van der Waals surface area contributed by atoms with Crippen LogP contribution in [0.4, 0.5) is 32.0 Å². The van der Waals surface area contributed by atoms with E-state index in [9.17, 15) is 31.2 Å². The fourth-order valence-corrected chi connectivity index (χ4v) is 9.03. The molecule has 9 nitrogen and oxygen atoms in total. The van der Waals surface area contributed by atoms with Gasteiger partial charge in [-0.05, 0) is 88.0 Å². The molecule has 0 saturated carbocycles. The second-order valence-corrected chi connectivity index (χ2v) is 16.8. The highest BCUT2D eigenvalue weighted by Gasteiger charge is 2.57. The number of benzene rings is 3. The van der Waals surface area contributed by atoms with E-state index in [0.717, 1.165) is 38.9 Å². The summed E-state index contributed by atoms with van der Waals surface area (Å²) in [7, 11) is -6.57. The summed E-state index contributed by atoms with van der Waals surface area (Å²) in [5, 5.41) is 0. The van der Waals surface area contributed by atoms with E-state index >= 15 is 13.2 Å². The molecule has 4 aliphatic heterocycles. The molecule has 0 aliphatic carbocycles. The number of alkyl halides is 3. The van der Waals surface area contributed by atoms with Crippen molar-refractivity contribution in [2.45, 2.75) is 94.7 Å². The zero-order chi connectivity index (χ0) is 39.7. The third-order valence-corrected chi connectivity index (χ3v) is 12.1. The van der Waals surface area contributed by atoms with E-state index in [1.165, 1.54) is 30.3 Å². The lowest BCUT2D eigenvalue weighted by atomic mass is 9.73. The Balaban J connectivity index is 1.29. The van der Waals surface area contributed by atoms with Gasteiger partial charge < -0.3 is 23.3 Å². The number of rotatable bonds is 10. The molecule has 1 spiro atoms. The molecule has 0 aromatic heterocycles. The van der Waals surface area contributed by atoms with Gasteiger partial charge in [-0.3, -0.25) is 4.79 Å². The van der Waals surface area contributed by atoms with Gasteiger partial charge in [-0.2, -0.15) is 26.0 Å². The minimum absolute atomic E-state index is 0.0338. The van der Waals surface area contributed by atoms with Crippen LogP contribution in [0.5, 0.6) is 17.2 Å². The fraction of sp³-hybridized carbons (Fsp3) is 0.487. The minimum atomic E-state index is -6.57. The first-order valence-electron chi connectivity index (χ1n) is 18.1. The first-order valence-corrected chi connectivity index (χ1v) is 19.6. The van der Waals surface area contributed by atoms with E-state index in [1.54, 1.807) is 4.90 Å². The van der Waals surface area contributed by atoms with Crippen molar-refractivity contribution >= 4 is 27.6 Å². The number of anilines is 1. The lowest BCUT2D eigenvalue weighted by molar-refractivity contribution is -0.119. The van der Waals surface area contributed by atoms with Gasteiger partial charge in [-0.1, -0.05) is 25.1 Å². The monoisotopic (exact) mass is 795 g/mol. The van der Waals surface area contributed by atoms with Crippen LogP contribution in [-0.4, -0.2) is 51.0 Å². The smallest absolute Gasteiger partial charge is 0.450 e. The van der Waals surface area contributed by atoms with Crippen LogP contribution < -0.4 is 13.8 Å². The van der Waals surface area contributed by atoms with Gasteiger partial charge in [0.1, 0.15) is 5.78 Å². The Morgan fingerprint density at radius 3 is 2.33 bits per heavy atom. The highest BCUT2D eigenvalue weighted by molar-refractivity contribution is 7.88. The molecule has 55 heavy (non-hydrogen) atoms. The molecule has 16 heteroatoms. The molecule has 4 aliphatic rings. The Hall–Kier alpha value is -4.31. The average Bonchev–Trinajstić information content (AvgIpc) is 3.41. The summed E-state index contributed by atoms with van der Waals surface area (Å²) < 4.78 is 134. The summed E-state index contributed by atoms with van der Waals surface area (Å²) in [4.78, 5) is 28.1. The lowest BCUT2D eigenvalue weighted by Crippen LogP contribution is -2.49. The van der Waals surface area contributed by atoms with E-state index in [2.05, 4.69) is 4.18 Å². The normalized spacial score (nSPS) is 21.7. The van der Waals surface area contributed by atoms with Crippen LogP contribution in [0.25, 0.3) is 0 Å². The van der Waals surface area contributed by atoms with Crippen LogP contribution >= 0.6 is 0 Å². The maximum absolute atomic E-state index is 17.4. The number of halogens is 6. The fourth-order valence-electron chi connectivity index (χ4n) is 8.57. The minimum Gasteiger partial charge on any atom is -0.450 e. The Kier molecular flexibility index (Phi) is 9.92. The van der Waals surface area contributed by atoms with E-state index < -0.39 is 73.0 Å². The molecule has 296 valence electrons. The maximum atomic E-state index is 17.4. The van der Waals surface area contributed by atoms with Gasteiger partial charge in [0, 0.05) is 43.7 Å². The van der Waals surface area contributed by atoms with Gasteiger partial charge in [0.2, 0.25) is 11.6 Å². The van der Waals surface area contributed by atoms with Crippen molar-refractivity contribution in [3.63, 3.8) is 0 Å². The highest BCUT2D eigenvalue weighted by atomic mass is 32.2. The molecule has 3 aromatic carbocycles. The summed E-state index contributed by atoms with van der Waals surface area (Å²) in [5.41, 5.74) is -9.19. The Bertz CT molecular complexity index is 2170. The number of hydrogen-bond acceptors (Lipinski definition) is 9. The van der Waals surface area contributed by atoms with Gasteiger partial charge in [0.15, 0.2) is 28.7 Å². The zero-order valence-corrected chi connectivity index (χ0v) is 31.1. The average molecular weight is 796 g/mol. The lowest BCUT2D eigenvalue weighted by Gasteiger charge is -2.49. The summed E-state index contributed by atoms with van der Waals surface area (Å²) in [6.07, 6.45) is 5.25. The molecule has 7 rings (SSSR count). The third kappa shape index (κ3) is 6.62.